The van der Waals surface area contributed by atoms with Gasteiger partial charge in [0.2, 0.25) is 0 Å². The zero-order chi connectivity index (χ0) is 37.9. The standard InChI is InChI=1S/C39H66O13/c1-19(21(3)16-49-35-33(31(46)28(44)17-50-35)52-36-32(48-6)30(45)27(43)18-51-36)7-8-20(2)23-14-25(41)34-38(23,5)12-10-29-37(4)11-9-22(40)13-24(37)26(42)15-39(29,34)47/h7-8,19-36,40-47H,9-18H2,1-6H3. The second kappa shape index (κ2) is 15.6. The van der Waals surface area contributed by atoms with Crippen molar-refractivity contribution in [3.8, 4) is 0 Å². The summed E-state index contributed by atoms with van der Waals surface area (Å²) < 4.78 is 28.7. The molecule has 13 nitrogen and oxygen atoms in total. The lowest BCUT2D eigenvalue weighted by molar-refractivity contribution is -0.346. The van der Waals surface area contributed by atoms with Crippen LogP contribution in [0.5, 0.6) is 0 Å². The minimum absolute atomic E-state index is 0.0198. The van der Waals surface area contributed by atoms with E-state index in [2.05, 4.69) is 39.8 Å². The van der Waals surface area contributed by atoms with Crippen molar-refractivity contribution in [1.82, 2.24) is 0 Å². The van der Waals surface area contributed by atoms with Gasteiger partial charge in [-0.15, -0.1) is 0 Å². The van der Waals surface area contributed by atoms with Crippen molar-refractivity contribution in [2.75, 3.05) is 26.9 Å². The van der Waals surface area contributed by atoms with Gasteiger partial charge in [-0.2, -0.15) is 0 Å². The van der Waals surface area contributed by atoms with Crippen LogP contribution in [-0.2, 0) is 23.7 Å². The summed E-state index contributed by atoms with van der Waals surface area (Å²) in [5.74, 6) is -0.0523. The molecule has 21 unspecified atom stereocenters. The fourth-order valence-corrected chi connectivity index (χ4v) is 11.8. The van der Waals surface area contributed by atoms with Gasteiger partial charge in [0, 0.05) is 19.4 Å². The summed E-state index contributed by atoms with van der Waals surface area (Å²) in [7, 11) is 1.35. The summed E-state index contributed by atoms with van der Waals surface area (Å²) in [5.41, 5.74) is -1.75. The maximum atomic E-state index is 12.6. The second-order valence-electron chi connectivity index (χ2n) is 18.0. The molecule has 0 amide bonds. The van der Waals surface area contributed by atoms with Crippen LogP contribution in [-0.4, -0.2) is 141 Å². The maximum absolute atomic E-state index is 12.6. The van der Waals surface area contributed by atoms with Crippen LogP contribution in [0.2, 0.25) is 0 Å². The van der Waals surface area contributed by atoms with Gasteiger partial charge in [-0.1, -0.05) is 46.8 Å². The zero-order valence-electron chi connectivity index (χ0n) is 31.7. The van der Waals surface area contributed by atoms with Crippen molar-refractivity contribution in [2.24, 2.45) is 52.3 Å². The Morgan fingerprint density at radius 3 is 2.08 bits per heavy atom. The van der Waals surface area contributed by atoms with Crippen LogP contribution in [0.25, 0.3) is 0 Å². The fraction of sp³-hybridized carbons (Fsp3) is 0.949. The molecule has 6 rings (SSSR count). The normalized spacial score (nSPS) is 52.8. The van der Waals surface area contributed by atoms with Gasteiger partial charge >= 0.3 is 0 Å². The summed E-state index contributed by atoms with van der Waals surface area (Å²) in [4.78, 5) is 0. The molecule has 0 aromatic rings. The topological polar surface area (TPSA) is 208 Å². The molecule has 4 saturated carbocycles. The van der Waals surface area contributed by atoms with Gasteiger partial charge in [0.15, 0.2) is 12.6 Å². The van der Waals surface area contributed by atoms with Crippen LogP contribution in [0, 0.1) is 52.3 Å². The SMILES string of the molecule is COC1C(OC2C(OCC(C)C(C)C=CC(C)C3CC(O)C4C3(C)CCC3C5(C)CCC(O)CC5C(O)CC34O)OCC(O)C2O)OCC(O)C1O. The highest BCUT2D eigenvalue weighted by Crippen LogP contribution is 2.69. The monoisotopic (exact) mass is 742 g/mol. The molecule has 2 saturated heterocycles. The zero-order valence-corrected chi connectivity index (χ0v) is 31.7. The van der Waals surface area contributed by atoms with Crippen molar-refractivity contribution in [3.05, 3.63) is 12.2 Å². The summed E-state index contributed by atoms with van der Waals surface area (Å²) in [5, 5.41) is 87.6. The average Bonchev–Trinajstić information content (AvgIpc) is 3.38. The molecule has 52 heavy (non-hydrogen) atoms. The van der Waals surface area contributed by atoms with E-state index in [-0.39, 0.29) is 78.5 Å². The number of fused-ring (bicyclic) bond motifs is 5. The number of hydrogen-bond donors (Lipinski definition) is 8. The number of aliphatic hydroxyl groups excluding tert-OH is 7. The van der Waals surface area contributed by atoms with Gasteiger partial charge in [-0.3, -0.25) is 0 Å². The molecule has 300 valence electrons. The van der Waals surface area contributed by atoms with Crippen molar-refractivity contribution in [2.45, 2.75) is 153 Å². The van der Waals surface area contributed by atoms with Gasteiger partial charge in [0.25, 0.3) is 0 Å². The Hall–Kier alpha value is -0.780. The Morgan fingerprint density at radius 2 is 1.40 bits per heavy atom. The van der Waals surface area contributed by atoms with E-state index < -0.39 is 73.1 Å². The molecule has 0 spiro atoms. The molecule has 6 fully saturated rings. The van der Waals surface area contributed by atoms with E-state index in [0.29, 0.717) is 19.3 Å². The average molecular weight is 743 g/mol. The minimum atomic E-state index is -1.35. The summed E-state index contributed by atoms with van der Waals surface area (Å²) in [6.07, 6.45) is -2.19. The molecule has 21 atom stereocenters. The van der Waals surface area contributed by atoms with E-state index in [1.165, 1.54) is 7.11 Å². The summed E-state index contributed by atoms with van der Waals surface area (Å²) >= 11 is 0. The molecular formula is C39H66O13. The van der Waals surface area contributed by atoms with E-state index in [0.717, 1.165) is 19.3 Å². The first-order valence-electron chi connectivity index (χ1n) is 19.7. The second-order valence-corrected chi connectivity index (χ2v) is 18.0. The van der Waals surface area contributed by atoms with Gasteiger partial charge < -0.3 is 64.5 Å². The van der Waals surface area contributed by atoms with E-state index >= 15 is 0 Å². The van der Waals surface area contributed by atoms with E-state index in [4.69, 9.17) is 23.7 Å². The highest BCUT2D eigenvalue weighted by atomic mass is 16.8. The number of methoxy groups -OCH3 is 1. The van der Waals surface area contributed by atoms with E-state index in [1.807, 2.05) is 6.92 Å². The van der Waals surface area contributed by atoms with Crippen molar-refractivity contribution in [1.29, 1.82) is 0 Å². The lowest BCUT2D eigenvalue weighted by Crippen LogP contribution is -2.68. The first-order chi connectivity index (χ1) is 24.5. The first kappa shape index (κ1) is 40.9. The maximum Gasteiger partial charge on any atom is 0.187 e. The molecule has 13 heteroatoms. The number of ether oxygens (including phenoxy) is 5. The van der Waals surface area contributed by atoms with Crippen LogP contribution in [0.15, 0.2) is 12.2 Å². The highest BCUT2D eigenvalue weighted by molar-refractivity contribution is 5.20. The number of hydrogen-bond acceptors (Lipinski definition) is 13. The number of aliphatic hydroxyl groups is 8. The molecule has 2 heterocycles. The molecular weight excluding hydrogens is 676 g/mol. The predicted octanol–water partition coefficient (Wildman–Crippen LogP) is 1.10. The smallest absolute Gasteiger partial charge is 0.187 e. The summed E-state index contributed by atoms with van der Waals surface area (Å²) in [6, 6.07) is 0. The van der Waals surface area contributed by atoms with Gasteiger partial charge in [0.1, 0.15) is 36.6 Å². The van der Waals surface area contributed by atoms with Crippen LogP contribution < -0.4 is 0 Å². The predicted molar refractivity (Wildman–Crippen MR) is 187 cm³/mol. The van der Waals surface area contributed by atoms with Gasteiger partial charge in [0.05, 0.1) is 43.7 Å². The Kier molecular flexibility index (Phi) is 12.3. The van der Waals surface area contributed by atoms with E-state index in [9.17, 15) is 40.9 Å². The van der Waals surface area contributed by atoms with Crippen molar-refractivity contribution >= 4 is 0 Å². The lowest BCUT2D eigenvalue weighted by Gasteiger charge is -2.66. The molecule has 6 aliphatic rings. The quantitative estimate of drug-likeness (QED) is 0.148. The Balaban J connectivity index is 1.08. The third-order valence-corrected chi connectivity index (χ3v) is 14.9. The molecule has 0 aromatic carbocycles. The molecule has 0 radical (unpaired) electrons. The molecule has 4 aliphatic carbocycles. The molecule has 0 bridgehead atoms. The number of allylic oxidation sites excluding steroid dienone is 2. The molecule has 8 N–H and O–H groups in total. The minimum Gasteiger partial charge on any atom is -0.393 e. The first-order valence-corrected chi connectivity index (χ1v) is 19.7. The lowest BCUT2D eigenvalue weighted by atomic mass is 9.42. The van der Waals surface area contributed by atoms with Crippen LogP contribution in [0.3, 0.4) is 0 Å². The molecule has 2 aliphatic heterocycles. The highest BCUT2D eigenvalue weighted by Gasteiger charge is 2.70. The van der Waals surface area contributed by atoms with Gasteiger partial charge in [-0.25, -0.2) is 0 Å². The summed E-state index contributed by atoms with van der Waals surface area (Å²) in [6.45, 7) is 10.7. The Morgan fingerprint density at radius 1 is 0.769 bits per heavy atom. The van der Waals surface area contributed by atoms with E-state index in [1.54, 1.807) is 0 Å². The molecule has 0 aromatic heterocycles. The van der Waals surface area contributed by atoms with Gasteiger partial charge in [-0.05, 0) is 84.9 Å². The Labute approximate surface area is 308 Å². The van der Waals surface area contributed by atoms with Crippen LogP contribution >= 0.6 is 0 Å². The largest absolute Gasteiger partial charge is 0.393 e. The van der Waals surface area contributed by atoms with Crippen molar-refractivity contribution in [3.63, 3.8) is 0 Å². The Bertz CT molecular complexity index is 1240. The van der Waals surface area contributed by atoms with Crippen LogP contribution in [0.1, 0.15) is 79.6 Å². The fourth-order valence-electron chi connectivity index (χ4n) is 11.8. The van der Waals surface area contributed by atoms with Crippen LogP contribution in [0.4, 0.5) is 0 Å². The third kappa shape index (κ3) is 7.18. The third-order valence-electron chi connectivity index (χ3n) is 14.9. The van der Waals surface area contributed by atoms with Crippen molar-refractivity contribution < 1.29 is 64.5 Å². The number of rotatable bonds is 10.